The number of hydrogen-bond donors (Lipinski definition) is 1. The van der Waals surface area contributed by atoms with E-state index in [-0.39, 0.29) is 21.6 Å². The van der Waals surface area contributed by atoms with Gasteiger partial charge in [0.15, 0.2) is 0 Å². The normalized spacial score (nSPS) is 43.1. The molecule has 4 saturated carbocycles. The minimum absolute atomic E-state index is 0.0494. The molecule has 4 nitrogen and oxygen atoms in total. The number of nitrogens with one attached hydrogen (secondary N) is 1. The zero-order chi connectivity index (χ0) is 14.5. The molecule has 20 heavy (non-hydrogen) atoms. The van der Waals surface area contributed by atoms with Crippen molar-refractivity contribution in [1.82, 2.24) is 5.32 Å². The first-order chi connectivity index (χ1) is 9.36. The van der Waals surface area contributed by atoms with Gasteiger partial charge in [0, 0.05) is 4.32 Å². The highest BCUT2D eigenvalue weighted by Gasteiger charge is 2.59. The molecule has 0 heterocycles. The first kappa shape index (κ1) is 14.4. The number of amides is 1. The van der Waals surface area contributed by atoms with Crippen LogP contribution in [0.3, 0.4) is 0 Å². The summed E-state index contributed by atoms with van der Waals surface area (Å²) in [7, 11) is 1.35. The number of carbonyl (C=O) groups excluding carboxylic acids is 2. The number of hydrogen-bond acceptors (Lipinski definition) is 3. The van der Waals surface area contributed by atoms with Crippen molar-refractivity contribution in [3.63, 3.8) is 0 Å². The van der Waals surface area contributed by atoms with Crippen molar-refractivity contribution in [3.8, 4) is 0 Å². The van der Waals surface area contributed by atoms with Crippen molar-refractivity contribution >= 4 is 27.8 Å². The Labute approximate surface area is 128 Å². The van der Waals surface area contributed by atoms with Crippen molar-refractivity contribution in [2.45, 2.75) is 55.8 Å². The molecule has 1 N–H and O–H groups in total. The standard InChI is InChI=1S/C15H22BrNO3/c1-9(12(18)20-2)17-13(19)14-4-10-3-11(5-14)7-15(16,6-10)8-14/h9-11H,3-8H2,1-2H3,(H,17,19)/t9-,10-,11-,14?,15?/m0/s1. The van der Waals surface area contributed by atoms with Gasteiger partial charge >= 0.3 is 5.97 Å². The van der Waals surface area contributed by atoms with Crippen LogP contribution in [-0.4, -0.2) is 29.4 Å². The highest BCUT2D eigenvalue weighted by molar-refractivity contribution is 9.10. The number of methoxy groups -OCH3 is 1. The van der Waals surface area contributed by atoms with E-state index in [9.17, 15) is 9.59 Å². The molecule has 0 spiro atoms. The summed E-state index contributed by atoms with van der Waals surface area (Å²) in [5.74, 6) is 0.995. The minimum Gasteiger partial charge on any atom is -0.467 e. The first-order valence-corrected chi connectivity index (χ1v) is 8.23. The van der Waals surface area contributed by atoms with Crippen LogP contribution in [0.15, 0.2) is 0 Å². The molecule has 0 aromatic heterocycles. The SMILES string of the molecule is COC(=O)[C@H](C)NC(=O)C12C[C@@H]3C[C@H](CC(Br)(C3)C1)C2. The topological polar surface area (TPSA) is 55.4 Å². The summed E-state index contributed by atoms with van der Waals surface area (Å²) in [6.07, 6.45) is 6.55. The average molecular weight is 344 g/mol. The molecule has 0 radical (unpaired) electrons. The lowest BCUT2D eigenvalue weighted by atomic mass is 9.49. The Morgan fingerprint density at radius 2 is 1.85 bits per heavy atom. The Kier molecular flexibility index (Phi) is 3.39. The molecular weight excluding hydrogens is 322 g/mol. The highest BCUT2D eigenvalue weighted by atomic mass is 79.9. The van der Waals surface area contributed by atoms with Gasteiger partial charge in [-0.05, 0) is 57.3 Å². The van der Waals surface area contributed by atoms with Crippen LogP contribution < -0.4 is 5.32 Å². The number of ether oxygens (including phenoxy) is 1. The van der Waals surface area contributed by atoms with E-state index in [1.807, 2.05) is 0 Å². The largest absolute Gasteiger partial charge is 0.467 e. The number of halogens is 1. The Balaban J connectivity index is 1.76. The summed E-state index contributed by atoms with van der Waals surface area (Å²) in [5, 5.41) is 2.87. The van der Waals surface area contributed by atoms with Crippen LogP contribution in [0.4, 0.5) is 0 Å². The van der Waals surface area contributed by atoms with Gasteiger partial charge in [-0.1, -0.05) is 15.9 Å². The Morgan fingerprint density at radius 1 is 1.25 bits per heavy atom. The average Bonchev–Trinajstić information content (AvgIpc) is 2.34. The smallest absolute Gasteiger partial charge is 0.328 e. The summed E-state index contributed by atoms with van der Waals surface area (Å²) < 4.78 is 4.84. The van der Waals surface area contributed by atoms with Crippen molar-refractivity contribution in [3.05, 3.63) is 0 Å². The maximum Gasteiger partial charge on any atom is 0.328 e. The molecule has 0 aromatic rings. The maximum atomic E-state index is 12.7. The van der Waals surface area contributed by atoms with Crippen LogP contribution in [0.25, 0.3) is 0 Å². The van der Waals surface area contributed by atoms with E-state index in [2.05, 4.69) is 26.0 Å². The van der Waals surface area contributed by atoms with E-state index in [0.717, 1.165) is 19.3 Å². The fraction of sp³-hybridized carbons (Fsp3) is 0.867. The minimum atomic E-state index is -0.563. The van der Waals surface area contributed by atoms with Gasteiger partial charge in [-0.2, -0.15) is 0 Å². The van der Waals surface area contributed by atoms with Crippen molar-refractivity contribution in [2.75, 3.05) is 7.11 Å². The Hall–Kier alpha value is -0.580. The zero-order valence-corrected chi connectivity index (χ0v) is 13.7. The molecule has 0 saturated heterocycles. The first-order valence-electron chi connectivity index (χ1n) is 7.44. The summed E-state index contributed by atoms with van der Waals surface area (Å²) in [6, 6.07) is -0.563. The molecule has 0 aromatic carbocycles. The highest BCUT2D eigenvalue weighted by Crippen LogP contribution is 2.64. The van der Waals surface area contributed by atoms with Crippen LogP contribution in [-0.2, 0) is 14.3 Å². The quantitative estimate of drug-likeness (QED) is 0.632. The number of esters is 1. The molecule has 4 bridgehead atoms. The van der Waals surface area contributed by atoms with E-state index >= 15 is 0 Å². The maximum absolute atomic E-state index is 12.7. The molecule has 1 amide bonds. The van der Waals surface area contributed by atoms with Gasteiger partial charge in [0.1, 0.15) is 6.04 Å². The predicted molar refractivity (Wildman–Crippen MR) is 78.4 cm³/mol. The molecule has 0 aliphatic heterocycles. The molecule has 112 valence electrons. The van der Waals surface area contributed by atoms with Gasteiger partial charge in [-0.15, -0.1) is 0 Å². The van der Waals surface area contributed by atoms with Crippen molar-refractivity contribution < 1.29 is 14.3 Å². The monoisotopic (exact) mass is 343 g/mol. The van der Waals surface area contributed by atoms with E-state index in [1.165, 1.54) is 26.4 Å². The summed E-state index contributed by atoms with van der Waals surface area (Å²) in [5.41, 5.74) is -0.268. The van der Waals surface area contributed by atoms with Gasteiger partial charge in [0.05, 0.1) is 12.5 Å². The van der Waals surface area contributed by atoms with Crippen molar-refractivity contribution in [2.24, 2.45) is 17.3 Å². The molecule has 4 aliphatic carbocycles. The van der Waals surface area contributed by atoms with Gasteiger partial charge in [-0.25, -0.2) is 4.79 Å². The lowest BCUT2D eigenvalue weighted by Gasteiger charge is -2.59. The fourth-order valence-corrected chi connectivity index (χ4v) is 6.45. The molecule has 0 unspecified atom stereocenters. The van der Waals surface area contributed by atoms with Gasteiger partial charge in [0.25, 0.3) is 0 Å². The van der Waals surface area contributed by atoms with Crippen LogP contribution in [0.2, 0.25) is 0 Å². The molecule has 3 atom stereocenters. The number of alkyl halides is 1. The summed E-state index contributed by atoms with van der Waals surface area (Å²) >= 11 is 3.90. The molecular formula is C15H22BrNO3. The lowest BCUT2D eigenvalue weighted by molar-refractivity contribution is -0.151. The van der Waals surface area contributed by atoms with E-state index < -0.39 is 6.04 Å². The zero-order valence-electron chi connectivity index (χ0n) is 12.1. The summed E-state index contributed by atoms with van der Waals surface area (Å²) in [6.45, 7) is 1.69. The molecule has 4 rings (SSSR count). The van der Waals surface area contributed by atoms with E-state index in [1.54, 1.807) is 6.92 Å². The third-order valence-electron chi connectivity index (χ3n) is 5.37. The van der Waals surface area contributed by atoms with Crippen LogP contribution in [0.5, 0.6) is 0 Å². The van der Waals surface area contributed by atoms with Gasteiger partial charge in [0.2, 0.25) is 5.91 Å². The molecule has 5 heteroatoms. The van der Waals surface area contributed by atoms with Gasteiger partial charge < -0.3 is 10.1 Å². The second-order valence-electron chi connectivity index (χ2n) is 7.11. The predicted octanol–water partition coefficient (Wildman–Crippen LogP) is 2.40. The van der Waals surface area contributed by atoms with Crippen LogP contribution in [0.1, 0.15) is 45.4 Å². The van der Waals surface area contributed by atoms with E-state index in [0.29, 0.717) is 11.8 Å². The Bertz CT molecular complexity index is 436. The number of carbonyl (C=O) groups is 2. The fourth-order valence-electron chi connectivity index (χ4n) is 5.00. The van der Waals surface area contributed by atoms with Crippen LogP contribution in [0, 0.1) is 17.3 Å². The number of rotatable bonds is 3. The van der Waals surface area contributed by atoms with E-state index in [4.69, 9.17) is 0 Å². The second-order valence-corrected chi connectivity index (χ2v) is 8.79. The van der Waals surface area contributed by atoms with Crippen molar-refractivity contribution in [1.29, 1.82) is 0 Å². The molecule has 4 aliphatic rings. The third kappa shape index (κ3) is 2.28. The molecule has 4 fully saturated rings. The second kappa shape index (κ2) is 4.72. The van der Waals surface area contributed by atoms with Gasteiger partial charge in [-0.3, -0.25) is 4.79 Å². The lowest BCUT2D eigenvalue weighted by Crippen LogP contribution is -2.59. The van der Waals surface area contributed by atoms with Crippen LogP contribution >= 0.6 is 15.9 Å². The third-order valence-corrected chi connectivity index (χ3v) is 6.30. The Morgan fingerprint density at radius 3 is 2.35 bits per heavy atom. The summed E-state index contributed by atoms with van der Waals surface area (Å²) in [4.78, 5) is 24.2.